The van der Waals surface area contributed by atoms with Gasteiger partial charge in [-0.05, 0) is 25.9 Å². The molecule has 84 valence electrons. The lowest BCUT2D eigenvalue weighted by atomic mass is 9.83. The molecule has 0 radical (unpaired) electrons. The number of nitrogens with one attached hydrogen (secondary N) is 1. The summed E-state index contributed by atoms with van der Waals surface area (Å²) in [4.78, 5) is 0. The molecule has 1 N–H and O–H groups in total. The van der Waals surface area contributed by atoms with Crippen molar-refractivity contribution in [3.05, 3.63) is 0 Å². The lowest BCUT2D eigenvalue weighted by Crippen LogP contribution is -2.51. The first-order valence-electron chi connectivity index (χ1n) is 4.85. The van der Waals surface area contributed by atoms with Crippen molar-refractivity contribution in [1.29, 1.82) is 0 Å². The van der Waals surface area contributed by atoms with E-state index in [-0.39, 0.29) is 31.9 Å². The molecule has 5 heteroatoms. The van der Waals surface area contributed by atoms with Crippen LogP contribution in [0.15, 0.2) is 0 Å². The van der Waals surface area contributed by atoms with Gasteiger partial charge < -0.3 is 10.1 Å². The first-order valence-corrected chi connectivity index (χ1v) is 4.85. The van der Waals surface area contributed by atoms with Gasteiger partial charge in [0.05, 0.1) is 12.2 Å². The number of halogens is 3. The summed E-state index contributed by atoms with van der Waals surface area (Å²) in [5.41, 5.74) is -0.521. The van der Waals surface area contributed by atoms with Gasteiger partial charge >= 0.3 is 0 Å². The van der Waals surface area contributed by atoms with E-state index in [1.54, 1.807) is 0 Å². The Morgan fingerprint density at radius 1 is 1.07 bits per heavy atom. The summed E-state index contributed by atoms with van der Waals surface area (Å²) in [5.74, 6) is -2.50. The predicted octanol–water partition coefficient (Wildman–Crippen LogP) is 1.98. The van der Waals surface area contributed by atoms with Crippen LogP contribution < -0.4 is 5.32 Å². The molecule has 0 amide bonds. The fraction of sp³-hybridized carbons (Fsp3) is 1.00. The van der Waals surface area contributed by atoms with E-state index in [0.717, 1.165) is 25.9 Å². The van der Waals surface area contributed by atoms with Gasteiger partial charge in [-0.15, -0.1) is 12.4 Å². The highest BCUT2D eigenvalue weighted by atomic mass is 35.5. The van der Waals surface area contributed by atoms with Crippen molar-refractivity contribution in [2.45, 2.75) is 37.2 Å². The molecule has 0 saturated carbocycles. The lowest BCUT2D eigenvalue weighted by molar-refractivity contribution is -0.187. The van der Waals surface area contributed by atoms with Crippen molar-refractivity contribution in [1.82, 2.24) is 5.32 Å². The van der Waals surface area contributed by atoms with Gasteiger partial charge in [-0.2, -0.15) is 0 Å². The molecule has 2 nitrogen and oxygen atoms in total. The van der Waals surface area contributed by atoms with E-state index in [2.05, 4.69) is 5.32 Å². The summed E-state index contributed by atoms with van der Waals surface area (Å²) >= 11 is 0. The smallest absolute Gasteiger partial charge is 0.253 e. The molecule has 0 bridgehead atoms. The first kappa shape index (κ1) is 12.1. The molecule has 0 unspecified atom stereocenters. The first-order chi connectivity index (χ1) is 6.12. The van der Waals surface area contributed by atoms with Crippen LogP contribution in [-0.2, 0) is 4.74 Å². The molecule has 0 aromatic heterocycles. The van der Waals surface area contributed by atoms with Crippen molar-refractivity contribution >= 4 is 12.4 Å². The molecule has 2 aliphatic heterocycles. The van der Waals surface area contributed by atoms with E-state index in [1.807, 2.05) is 0 Å². The Labute approximate surface area is 88.8 Å². The molecule has 1 spiro atoms. The summed E-state index contributed by atoms with van der Waals surface area (Å²) in [6.07, 6.45) is 1.26. The average Bonchev–Trinajstić information content (AvgIpc) is 2.03. The number of rotatable bonds is 0. The van der Waals surface area contributed by atoms with Crippen molar-refractivity contribution in [2.24, 2.45) is 0 Å². The Kier molecular flexibility index (Phi) is 3.72. The second-order valence-electron chi connectivity index (χ2n) is 4.06. The minimum absolute atomic E-state index is 0. The Morgan fingerprint density at radius 3 is 2.29 bits per heavy atom. The van der Waals surface area contributed by atoms with Gasteiger partial charge in [-0.25, -0.2) is 8.78 Å². The Hall–Kier alpha value is 0.0700. The summed E-state index contributed by atoms with van der Waals surface area (Å²) in [7, 11) is 0. The normalized spacial score (nSPS) is 29.6. The zero-order chi connectivity index (χ0) is 9.36. The van der Waals surface area contributed by atoms with E-state index in [0.29, 0.717) is 0 Å². The molecular formula is C9H16ClF2NO. The van der Waals surface area contributed by atoms with E-state index in [1.165, 1.54) is 0 Å². The van der Waals surface area contributed by atoms with Gasteiger partial charge in [-0.1, -0.05) is 0 Å². The van der Waals surface area contributed by atoms with Crippen LogP contribution in [-0.4, -0.2) is 31.2 Å². The van der Waals surface area contributed by atoms with Crippen LogP contribution in [0.25, 0.3) is 0 Å². The third-order valence-corrected chi connectivity index (χ3v) is 2.97. The van der Waals surface area contributed by atoms with E-state index in [9.17, 15) is 8.78 Å². The highest BCUT2D eigenvalue weighted by Gasteiger charge is 2.47. The minimum atomic E-state index is -2.50. The highest BCUT2D eigenvalue weighted by Crippen LogP contribution is 2.40. The monoisotopic (exact) mass is 227 g/mol. The number of ether oxygens (including phenoxy) is 1. The molecule has 14 heavy (non-hydrogen) atoms. The molecule has 2 aliphatic rings. The van der Waals surface area contributed by atoms with Crippen molar-refractivity contribution < 1.29 is 13.5 Å². The van der Waals surface area contributed by atoms with Gasteiger partial charge in [-0.3, -0.25) is 0 Å². The van der Waals surface area contributed by atoms with Crippen LogP contribution >= 0.6 is 12.4 Å². The molecule has 0 aromatic carbocycles. The van der Waals surface area contributed by atoms with E-state index >= 15 is 0 Å². The molecule has 2 heterocycles. The number of alkyl halides is 2. The van der Waals surface area contributed by atoms with Gasteiger partial charge in [0, 0.05) is 12.8 Å². The van der Waals surface area contributed by atoms with Crippen LogP contribution in [0, 0.1) is 0 Å². The zero-order valence-corrected chi connectivity index (χ0v) is 8.84. The van der Waals surface area contributed by atoms with Crippen molar-refractivity contribution in [3.63, 3.8) is 0 Å². The topological polar surface area (TPSA) is 21.3 Å². The maximum absolute atomic E-state index is 13.1. The minimum Gasteiger partial charge on any atom is -0.374 e. The number of hydrogen-bond acceptors (Lipinski definition) is 2. The standard InChI is InChI=1S/C9H15F2NO.ClH/c10-9(11)3-6-13-8(7-9)1-4-12-5-2-8;/h12H,1-7H2;1H. The fourth-order valence-electron chi connectivity index (χ4n) is 2.23. The highest BCUT2D eigenvalue weighted by molar-refractivity contribution is 5.85. The maximum atomic E-state index is 13.1. The Morgan fingerprint density at radius 2 is 1.71 bits per heavy atom. The summed E-state index contributed by atoms with van der Waals surface area (Å²) < 4.78 is 31.8. The molecule has 0 aromatic rings. The Balaban J connectivity index is 0.000000980. The molecule has 2 saturated heterocycles. The molecule has 0 aliphatic carbocycles. The molecule has 2 fully saturated rings. The third-order valence-electron chi connectivity index (χ3n) is 2.97. The predicted molar refractivity (Wildman–Crippen MR) is 52.2 cm³/mol. The van der Waals surface area contributed by atoms with Crippen LogP contribution in [0.1, 0.15) is 25.7 Å². The summed E-state index contributed by atoms with van der Waals surface area (Å²) in [6.45, 7) is 1.82. The zero-order valence-electron chi connectivity index (χ0n) is 8.02. The lowest BCUT2D eigenvalue weighted by Gasteiger charge is -2.43. The van der Waals surface area contributed by atoms with Gasteiger partial charge in [0.25, 0.3) is 5.92 Å². The van der Waals surface area contributed by atoms with Gasteiger partial charge in [0.1, 0.15) is 0 Å². The quantitative estimate of drug-likeness (QED) is 0.683. The second-order valence-corrected chi connectivity index (χ2v) is 4.06. The van der Waals surface area contributed by atoms with E-state index in [4.69, 9.17) is 4.74 Å². The average molecular weight is 228 g/mol. The van der Waals surface area contributed by atoms with Crippen molar-refractivity contribution in [2.75, 3.05) is 19.7 Å². The molecule has 0 atom stereocenters. The van der Waals surface area contributed by atoms with Crippen LogP contribution in [0.2, 0.25) is 0 Å². The second kappa shape index (κ2) is 4.29. The third kappa shape index (κ3) is 2.55. The maximum Gasteiger partial charge on any atom is 0.253 e. The molecular weight excluding hydrogens is 212 g/mol. The largest absolute Gasteiger partial charge is 0.374 e. The van der Waals surface area contributed by atoms with Crippen molar-refractivity contribution in [3.8, 4) is 0 Å². The van der Waals surface area contributed by atoms with Crippen LogP contribution in [0.5, 0.6) is 0 Å². The number of hydrogen-bond donors (Lipinski definition) is 1. The number of piperidine rings is 1. The fourth-order valence-corrected chi connectivity index (χ4v) is 2.23. The summed E-state index contributed by atoms with van der Waals surface area (Å²) in [6, 6.07) is 0. The van der Waals surface area contributed by atoms with E-state index < -0.39 is 11.5 Å². The van der Waals surface area contributed by atoms with Crippen LogP contribution in [0.4, 0.5) is 8.78 Å². The van der Waals surface area contributed by atoms with Crippen LogP contribution in [0.3, 0.4) is 0 Å². The molecule has 2 rings (SSSR count). The van der Waals surface area contributed by atoms with Gasteiger partial charge in [0.2, 0.25) is 0 Å². The van der Waals surface area contributed by atoms with Gasteiger partial charge in [0.15, 0.2) is 0 Å². The summed E-state index contributed by atoms with van der Waals surface area (Å²) in [5, 5.41) is 3.16. The Bertz CT molecular complexity index is 190. The SMILES string of the molecule is Cl.FC1(F)CCOC2(CCNCC2)C1.